The molecule has 0 fully saturated rings. The van der Waals surface area contributed by atoms with E-state index in [1.807, 2.05) is 31.3 Å². The molecule has 0 amide bonds. The quantitative estimate of drug-likeness (QED) is 0.894. The fourth-order valence-corrected chi connectivity index (χ4v) is 1.78. The summed E-state index contributed by atoms with van der Waals surface area (Å²) in [6.07, 6.45) is 7.04. The third-order valence-electron chi connectivity index (χ3n) is 2.98. The van der Waals surface area contributed by atoms with Crippen LogP contribution in [0.2, 0.25) is 0 Å². The Kier molecular flexibility index (Phi) is 4.47. The van der Waals surface area contributed by atoms with Gasteiger partial charge in [0.25, 0.3) is 0 Å². The molecule has 1 unspecified atom stereocenters. The van der Waals surface area contributed by atoms with E-state index in [1.165, 1.54) is 0 Å². The number of hydrogen-bond acceptors (Lipinski definition) is 4. The summed E-state index contributed by atoms with van der Waals surface area (Å²) in [7, 11) is 0. The fraction of sp³-hybridized carbons (Fsp3) is 0.333. The van der Waals surface area contributed by atoms with Crippen LogP contribution in [-0.4, -0.2) is 16.0 Å². The first-order chi connectivity index (χ1) is 9.19. The van der Waals surface area contributed by atoms with Crippen LogP contribution in [0.3, 0.4) is 0 Å². The number of ether oxygens (including phenoxy) is 1. The molecule has 0 spiro atoms. The van der Waals surface area contributed by atoms with Crippen LogP contribution in [0.1, 0.15) is 24.6 Å². The standard InChI is InChI=1S/C15H19N3O/c1-3-13(16)7-12-8-14(10-17-9-12)19-15-5-4-6-18-11(15)2/h4-6,8-10,13H,3,7,16H2,1-2H3. The zero-order valence-corrected chi connectivity index (χ0v) is 11.3. The number of hydrogen-bond donors (Lipinski definition) is 1. The molecule has 4 heteroatoms. The second-order valence-corrected chi connectivity index (χ2v) is 4.59. The number of aromatic nitrogens is 2. The average Bonchev–Trinajstić information content (AvgIpc) is 2.42. The number of pyridine rings is 2. The van der Waals surface area contributed by atoms with Gasteiger partial charge < -0.3 is 10.5 Å². The second-order valence-electron chi connectivity index (χ2n) is 4.59. The predicted octanol–water partition coefficient (Wildman–Crippen LogP) is 2.86. The van der Waals surface area contributed by atoms with Crippen molar-refractivity contribution in [3.8, 4) is 11.5 Å². The van der Waals surface area contributed by atoms with Gasteiger partial charge in [0, 0.05) is 18.4 Å². The summed E-state index contributed by atoms with van der Waals surface area (Å²) >= 11 is 0. The Morgan fingerprint density at radius 1 is 1.37 bits per heavy atom. The first-order valence-electron chi connectivity index (χ1n) is 6.48. The zero-order chi connectivity index (χ0) is 13.7. The van der Waals surface area contributed by atoms with E-state index in [4.69, 9.17) is 10.5 Å². The van der Waals surface area contributed by atoms with Gasteiger partial charge in [-0.2, -0.15) is 0 Å². The lowest BCUT2D eigenvalue weighted by Gasteiger charge is -2.11. The van der Waals surface area contributed by atoms with E-state index in [0.29, 0.717) is 0 Å². The van der Waals surface area contributed by atoms with Crippen LogP contribution in [0.4, 0.5) is 0 Å². The number of rotatable bonds is 5. The number of nitrogens with two attached hydrogens (primary N) is 1. The van der Waals surface area contributed by atoms with Crippen molar-refractivity contribution < 1.29 is 4.74 Å². The van der Waals surface area contributed by atoms with E-state index < -0.39 is 0 Å². The van der Waals surface area contributed by atoms with E-state index in [2.05, 4.69) is 16.9 Å². The molecule has 0 aliphatic rings. The van der Waals surface area contributed by atoms with Crippen molar-refractivity contribution in [1.29, 1.82) is 0 Å². The van der Waals surface area contributed by atoms with Crippen molar-refractivity contribution in [3.05, 3.63) is 48.0 Å². The largest absolute Gasteiger partial charge is 0.454 e. The summed E-state index contributed by atoms with van der Waals surface area (Å²) in [5, 5.41) is 0. The van der Waals surface area contributed by atoms with E-state index in [1.54, 1.807) is 12.4 Å². The second kappa shape index (κ2) is 6.29. The Morgan fingerprint density at radius 3 is 2.95 bits per heavy atom. The van der Waals surface area contributed by atoms with Gasteiger partial charge in [0.15, 0.2) is 0 Å². The van der Waals surface area contributed by atoms with Gasteiger partial charge in [0.05, 0.1) is 11.9 Å². The molecule has 0 aliphatic heterocycles. The minimum atomic E-state index is 0.164. The van der Waals surface area contributed by atoms with Crippen LogP contribution in [0, 0.1) is 6.92 Å². The van der Waals surface area contributed by atoms with Crippen LogP contribution in [0.15, 0.2) is 36.8 Å². The Balaban J connectivity index is 2.13. The summed E-state index contributed by atoms with van der Waals surface area (Å²) in [4.78, 5) is 8.39. The van der Waals surface area contributed by atoms with Crippen LogP contribution in [-0.2, 0) is 6.42 Å². The topological polar surface area (TPSA) is 61.0 Å². The summed E-state index contributed by atoms with van der Waals surface area (Å²) in [5.74, 6) is 1.47. The maximum Gasteiger partial charge on any atom is 0.148 e. The van der Waals surface area contributed by atoms with Crippen molar-refractivity contribution in [2.75, 3.05) is 0 Å². The Bertz CT molecular complexity index is 542. The lowest BCUT2D eigenvalue weighted by molar-refractivity contribution is 0.472. The van der Waals surface area contributed by atoms with E-state index >= 15 is 0 Å². The van der Waals surface area contributed by atoms with Gasteiger partial charge in [-0.1, -0.05) is 6.92 Å². The van der Waals surface area contributed by atoms with Crippen molar-refractivity contribution in [1.82, 2.24) is 9.97 Å². The highest BCUT2D eigenvalue weighted by Gasteiger charge is 2.05. The lowest BCUT2D eigenvalue weighted by Crippen LogP contribution is -2.21. The molecule has 2 aromatic rings. The third kappa shape index (κ3) is 3.76. The number of aryl methyl sites for hydroxylation is 1. The molecule has 4 nitrogen and oxygen atoms in total. The monoisotopic (exact) mass is 257 g/mol. The SMILES string of the molecule is CCC(N)Cc1cncc(Oc2cccnc2C)c1. The number of nitrogens with zero attached hydrogens (tertiary/aromatic N) is 2. The Morgan fingerprint density at radius 2 is 2.21 bits per heavy atom. The smallest absolute Gasteiger partial charge is 0.148 e. The third-order valence-corrected chi connectivity index (χ3v) is 2.98. The van der Waals surface area contributed by atoms with E-state index in [0.717, 1.165) is 35.6 Å². The molecule has 0 aliphatic carbocycles. The van der Waals surface area contributed by atoms with Gasteiger partial charge in [-0.05, 0) is 43.5 Å². The van der Waals surface area contributed by atoms with Crippen LogP contribution in [0.5, 0.6) is 11.5 Å². The zero-order valence-electron chi connectivity index (χ0n) is 11.3. The van der Waals surface area contributed by atoms with Gasteiger partial charge in [0.1, 0.15) is 11.5 Å². The van der Waals surface area contributed by atoms with Crippen molar-refractivity contribution in [2.45, 2.75) is 32.7 Å². The molecule has 2 aromatic heterocycles. The van der Waals surface area contributed by atoms with Crippen LogP contribution < -0.4 is 10.5 Å². The van der Waals surface area contributed by atoms with Gasteiger partial charge in [-0.3, -0.25) is 9.97 Å². The summed E-state index contributed by atoms with van der Waals surface area (Å²) in [6, 6.07) is 5.89. The minimum Gasteiger partial charge on any atom is -0.454 e. The van der Waals surface area contributed by atoms with Gasteiger partial charge in [-0.15, -0.1) is 0 Å². The van der Waals surface area contributed by atoms with Crippen LogP contribution >= 0.6 is 0 Å². The molecule has 2 N–H and O–H groups in total. The summed E-state index contributed by atoms with van der Waals surface area (Å²) in [5.41, 5.74) is 7.90. The van der Waals surface area contributed by atoms with Crippen molar-refractivity contribution in [3.63, 3.8) is 0 Å². The van der Waals surface area contributed by atoms with Crippen molar-refractivity contribution >= 4 is 0 Å². The minimum absolute atomic E-state index is 0.164. The van der Waals surface area contributed by atoms with Gasteiger partial charge >= 0.3 is 0 Å². The molecular weight excluding hydrogens is 238 g/mol. The summed E-state index contributed by atoms with van der Waals surface area (Å²) in [6.45, 7) is 4.00. The molecule has 19 heavy (non-hydrogen) atoms. The molecule has 1 atom stereocenters. The molecule has 0 aromatic carbocycles. The molecule has 2 rings (SSSR count). The molecule has 0 radical (unpaired) electrons. The Hall–Kier alpha value is -1.94. The summed E-state index contributed by atoms with van der Waals surface area (Å²) < 4.78 is 5.80. The van der Waals surface area contributed by atoms with E-state index in [9.17, 15) is 0 Å². The normalized spacial score (nSPS) is 12.2. The molecule has 0 saturated carbocycles. The van der Waals surface area contributed by atoms with E-state index in [-0.39, 0.29) is 6.04 Å². The average molecular weight is 257 g/mol. The fourth-order valence-electron chi connectivity index (χ4n) is 1.78. The maximum absolute atomic E-state index is 5.95. The highest BCUT2D eigenvalue weighted by atomic mass is 16.5. The first kappa shape index (κ1) is 13.5. The van der Waals surface area contributed by atoms with Gasteiger partial charge in [-0.25, -0.2) is 0 Å². The molecular formula is C15H19N3O. The van der Waals surface area contributed by atoms with Gasteiger partial charge in [0.2, 0.25) is 0 Å². The molecule has 100 valence electrons. The maximum atomic E-state index is 5.95. The first-order valence-corrected chi connectivity index (χ1v) is 6.48. The highest BCUT2D eigenvalue weighted by molar-refractivity contribution is 5.33. The highest BCUT2D eigenvalue weighted by Crippen LogP contribution is 2.23. The van der Waals surface area contributed by atoms with Crippen LogP contribution in [0.25, 0.3) is 0 Å². The molecule has 0 saturated heterocycles. The lowest BCUT2D eigenvalue weighted by atomic mass is 10.1. The molecule has 0 bridgehead atoms. The molecule has 2 heterocycles. The Labute approximate surface area is 113 Å². The van der Waals surface area contributed by atoms with Crippen molar-refractivity contribution in [2.24, 2.45) is 5.73 Å². The predicted molar refractivity (Wildman–Crippen MR) is 75.3 cm³/mol.